The maximum Gasteiger partial charge on any atom is 0.143 e. The highest BCUT2D eigenvalue weighted by molar-refractivity contribution is 9.10. The maximum atomic E-state index is 9.18. The van der Waals surface area contributed by atoms with Gasteiger partial charge in [0, 0.05) is 40.6 Å². The summed E-state index contributed by atoms with van der Waals surface area (Å²) < 4.78 is 12.7. The molecule has 0 aliphatic carbocycles. The third-order valence-corrected chi connectivity index (χ3v) is 4.72. The summed E-state index contributed by atoms with van der Waals surface area (Å²) in [6.07, 6.45) is 0. The first-order valence-corrected chi connectivity index (χ1v) is 8.53. The topological polar surface area (TPSA) is 45.8 Å². The molecule has 1 N–H and O–H groups in total. The Labute approximate surface area is 149 Å². The number of ether oxygens (including phenoxy) is 1. The number of furan rings is 1. The lowest BCUT2D eigenvalue weighted by atomic mass is 10.1. The predicted octanol–water partition coefficient (Wildman–Crippen LogP) is 4.61. The molecule has 0 bridgehead atoms. The van der Waals surface area contributed by atoms with Crippen LogP contribution < -0.4 is 9.64 Å². The third-order valence-electron chi connectivity index (χ3n) is 4.19. The highest BCUT2D eigenvalue weighted by atomic mass is 79.9. The van der Waals surface area contributed by atoms with Gasteiger partial charge in [-0.2, -0.15) is 0 Å². The molecule has 0 radical (unpaired) electrons. The first-order chi connectivity index (χ1) is 11.5. The second-order valence-electron chi connectivity index (χ2n) is 5.73. The average molecular weight is 390 g/mol. The summed E-state index contributed by atoms with van der Waals surface area (Å²) in [6.45, 7) is 2.67. The fourth-order valence-corrected chi connectivity index (χ4v) is 3.11. The Morgan fingerprint density at radius 2 is 1.92 bits per heavy atom. The zero-order valence-electron chi connectivity index (χ0n) is 14.0. The second-order valence-corrected chi connectivity index (χ2v) is 6.64. The Morgan fingerprint density at radius 3 is 2.54 bits per heavy atom. The van der Waals surface area contributed by atoms with Crippen molar-refractivity contribution in [2.24, 2.45) is 0 Å². The van der Waals surface area contributed by atoms with Gasteiger partial charge in [0.1, 0.15) is 17.1 Å². The van der Waals surface area contributed by atoms with E-state index in [0.717, 1.165) is 43.8 Å². The van der Waals surface area contributed by atoms with Crippen LogP contribution in [0.15, 0.2) is 45.3 Å². The predicted molar refractivity (Wildman–Crippen MR) is 101 cm³/mol. The van der Waals surface area contributed by atoms with Crippen LogP contribution >= 0.6 is 15.9 Å². The van der Waals surface area contributed by atoms with Gasteiger partial charge in [-0.15, -0.1) is 0 Å². The average Bonchev–Trinajstić information content (AvgIpc) is 2.91. The Morgan fingerprint density at radius 1 is 1.21 bits per heavy atom. The number of halogens is 1. The highest BCUT2D eigenvalue weighted by Crippen LogP contribution is 2.39. The van der Waals surface area contributed by atoms with E-state index in [4.69, 9.17) is 9.15 Å². The van der Waals surface area contributed by atoms with E-state index in [0.29, 0.717) is 6.54 Å². The molecule has 0 spiro atoms. The molecule has 0 amide bonds. The minimum Gasteiger partial charge on any atom is -0.495 e. The molecule has 3 aromatic rings. The lowest BCUT2D eigenvalue weighted by Crippen LogP contribution is -2.21. The summed E-state index contributed by atoms with van der Waals surface area (Å²) in [6, 6.07) is 12.0. The molecule has 0 fully saturated rings. The van der Waals surface area contributed by atoms with E-state index in [9.17, 15) is 5.11 Å². The minimum absolute atomic E-state index is 0.0824. The molecule has 5 heteroatoms. The quantitative estimate of drug-likeness (QED) is 0.691. The van der Waals surface area contributed by atoms with Crippen molar-refractivity contribution in [1.29, 1.82) is 0 Å². The SMILES string of the molecule is COc1cc2c(C)c(-c3ccc(Br)cc3)oc2cc1N(C)CCO. The lowest BCUT2D eigenvalue weighted by Gasteiger charge is -2.20. The van der Waals surface area contributed by atoms with Crippen molar-refractivity contribution in [3.8, 4) is 17.1 Å². The van der Waals surface area contributed by atoms with Crippen molar-refractivity contribution in [1.82, 2.24) is 0 Å². The van der Waals surface area contributed by atoms with Gasteiger partial charge in [0.15, 0.2) is 0 Å². The number of aliphatic hydroxyl groups excluding tert-OH is 1. The molecular formula is C19H20BrNO3. The van der Waals surface area contributed by atoms with Gasteiger partial charge in [-0.3, -0.25) is 0 Å². The zero-order valence-corrected chi connectivity index (χ0v) is 15.6. The number of anilines is 1. The number of hydrogen-bond acceptors (Lipinski definition) is 4. The first kappa shape index (κ1) is 16.9. The van der Waals surface area contributed by atoms with E-state index in [1.165, 1.54) is 0 Å². The number of rotatable bonds is 5. The third kappa shape index (κ3) is 3.01. The zero-order chi connectivity index (χ0) is 17.3. The molecule has 24 heavy (non-hydrogen) atoms. The number of likely N-dealkylation sites (N-methyl/N-ethyl adjacent to an activating group) is 1. The normalized spacial score (nSPS) is 11.0. The Bertz CT molecular complexity index is 855. The van der Waals surface area contributed by atoms with Gasteiger partial charge in [-0.1, -0.05) is 28.1 Å². The van der Waals surface area contributed by atoms with Crippen molar-refractivity contribution in [3.05, 3.63) is 46.4 Å². The lowest BCUT2D eigenvalue weighted by molar-refractivity contribution is 0.303. The summed E-state index contributed by atoms with van der Waals surface area (Å²) in [5.74, 6) is 1.63. The summed E-state index contributed by atoms with van der Waals surface area (Å²) in [5.41, 5.74) is 3.83. The molecule has 126 valence electrons. The highest BCUT2D eigenvalue weighted by Gasteiger charge is 2.17. The summed E-state index contributed by atoms with van der Waals surface area (Å²) in [5, 5.41) is 10.2. The molecule has 0 saturated carbocycles. The summed E-state index contributed by atoms with van der Waals surface area (Å²) >= 11 is 3.46. The molecule has 0 aliphatic heterocycles. The first-order valence-electron chi connectivity index (χ1n) is 7.74. The molecule has 1 aromatic heterocycles. The van der Waals surface area contributed by atoms with Crippen LogP contribution in [0.4, 0.5) is 5.69 Å². The Hall–Kier alpha value is -1.98. The fourth-order valence-electron chi connectivity index (χ4n) is 2.84. The minimum atomic E-state index is 0.0824. The molecule has 3 rings (SSSR count). The van der Waals surface area contributed by atoms with E-state index in [1.807, 2.05) is 48.3 Å². The Balaban J connectivity index is 2.15. The van der Waals surface area contributed by atoms with Crippen LogP contribution in [0.2, 0.25) is 0 Å². The van der Waals surface area contributed by atoms with Crippen molar-refractivity contribution in [3.63, 3.8) is 0 Å². The second kappa shape index (κ2) is 6.87. The van der Waals surface area contributed by atoms with Crippen LogP contribution in [0.5, 0.6) is 5.75 Å². The summed E-state index contributed by atoms with van der Waals surface area (Å²) in [4.78, 5) is 1.95. The number of hydrogen-bond donors (Lipinski definition) is 1. The van der Waals surface area contributed by atoms with Crippen molar-refractivity contribution in [2.45, 2.75) is 6.92 Å². The number of aliphatic hydroxyl groups is 1. The van der Waals surface area contributed by atoms with Gasteiger partial charge in [0.2, 0.25) is 0 Å². The van der Waals surface area contributed by atoms with Crippen molar-refractivity contribution < 1.29 is 14.3 Å². The number of methoxy groups -OCH3 is 1. The molecule has 0 saturated heterocycles. The van der Waals surface area contributed by atoms with Crippen LogP contribution in [0.1, 0.15) is 5.56 Å². The van der Waals surface area contributed by atoms with E-state index in [2.05, 4.69) is 22.9 Å². The largest absolute Gasteiger partial charge is 0.495 e. The number of fused-ring (bicyclic) bond motifs is 1. The molecular weight excluding hydrogens is 370 g/mol. The van der Waals surface area contributed by atoms with E-state index in [1.54, 1.807) is 7.11 Å². The van der Waals surface area contributed by atoms with Crippen LogP contribution in [0.3, 0.4) is 0 Å². The number of nitrogens with zero attached hydrogens (tertiary/aromatic N) is 1. The molecule has 0 atom stereocenters. The van der Waals surface area contributed by atoms with Gasteiger partial charge < -0.3 is 19.2 Å². The van der Waals surface area contributed by atoms with Crippen LogP contribution in [0, 0.1) is 6.92 Å². The molecule has 0 aliphatic rings. The van der Waals surface area contributed by atoms with E-state index < -0.39 is 0 Å². The van der Waals surface area contributed by atoms with Gasteiger partial charge in [0.25, 0.3) is 0 Å². The number of benzene rings is 2. The smallest absolute Gasteiger partial charge is 0.143 e. The monoisotopic (exact) mass is 389 g/mol. The molecule has 1 heterocycles. The van der Waals surface area contributed by atoms with Crippen LogP contribution in [-0.4, -0.2) is 32.4 Å². The van der Waals surface area contributed by atoms with Crippen LogP contribution in [0.25, 0.3) is 22.3 Å². The molecule has 2 aromatic carbocycles. The Kier molecular flexibility index (Phi) is 4.83. The van der Waals surface area contributed by atoms with Crippen molar-refractivity contribution >= 4 is 32.6 Å². The fraction of sp³-hybridized carbons (Fsp3) is 0.263. The number of aryl methyl sites for hydroxylation is 1. The van der Waals surface area contributed by atoms with Gasteiger partial charge in [-0.25, -0.2) is 0 Å². The van der Waals surface area contributed by atoms with E-state index >= 15 is 0 Å². The molecule has 4 nitrogen and oxygen atoms in total. The maximum absolute atomic E-state index is 9.18. The van der Waals surface area contributed by atoms with Gasteiger partial charge >= 0.3 is 0 Å². The standard InChI is InChI=1S/C19H20BrNO3/c1-12-15-10-18(23-3)16(21(2)8-9-22)11-17(15)24-19(12)13-4-6-14(20)7-5-13/h4-7,10-11,22H,8-9H2,1-3H3. The van der Waals surface area contributed by atoms with E-state index in [-0.39, 0.29) is 6.61 Å². The van der Waals surface area contributed by atoms with Gasteiger partial charge in [-0.05, 0) is 25.1 Å². The summed E-state index contributed by atoms with van der Waals surface area (Å²) in [7, 11) is 3.58. The molecule has 0 unspecified atom stereocenters. The van der Waals surface area contributed by atoms with Crippen molar-refractivity contribution in [2.75, 3.05) is 32.2 Å². The van der Waals surface area contributed by atoms with Gasteiger partial charge in [0.05, 0.1) is 19.4 Å². The van der Waals surface area contributed by atoms with Crippen LogP contribution in [-0.2, 0) is 0 Å².